The standard InChI is InChI=1S/C11H16Cl2N2/c1-11(2,6-15-7-14)8-3-4-9(12)10(13)5-8/h3-5,15H,6-7,14H2,1-2H3. The fourth-order valence-electron chi connectivity index (χ4n) is 1.40. The molecule has 0 radical (unpaired) electrons. The SMILES string of the molecule is CC(C)(CNCN)c1ccc(Cl)c(Cl)c1. The minimum Gasteiger partial charge on any atom is -0.318 e. The van der Waals surface area contributed by atoms with E-state index in [2.05, 4.69) is 19.2 Å². The number of nitrogens with two attached hydrogens (primary N) is 1. The van der Waals surface area contributed by atoms with Crippen LogP contribution >= 0.6 is 23.2 Å². The molecule has 0 fully saturated rings. The van der Waals surface area contributed by atoms with Gasteiger partial charge in [-0.05, 0) is 17.7 Å². The molecule has 0 amide bonds. The Hall–Kier alpha value is -0.280. The van der Waals surface area contributed by atoms with Crippen LogP contribution in [0.2, 0.25) is 10.0 Å². The molecule has 3 N–H and O–H groups in total. The number of rotatable bonds is 4. The van der Waals surface area contributed by atoms with Gasteiger partial charge in [0.15, 0.2) is 0 Å². The smallest absolute Gasteiger partial charge is 0.0595 e. The molecule has 4 heteroatoms. The van der Waals surface area contributed by atoms with Gasteiger partial charge in [0.1, 0.15) is 0 Å². The largest absolute Gasteiger partial charge is 0.318 e. The van der Waals surface area contributed by atoms with Crippen molar-refractivity contribution in [3.8, 4) is 0 Å². The summed E-state index contributed by atoms with van der Waals surface area (Å²) in [5.74, 6) is 0. The maximum absolute atomic E-state index is 5.98. The molecule has 2 nitrogen and oxygen atoms in total. The minimum atomic E-state index is -0.00635. The second-order valence-electron chi connectivity index (χ2n) is 4.14. The molecule has 1 aromatic rings. The zero-order chi connectivity index (χ0) is 11.5. The Bertz CT molecular complexity index is 337. The van der Waals surface area contributed by atoms with Crippen molar-refractivity contribution in [3.05, 3.63) is 33.8 Å². The molecule has 0 bridgehead atoms. The van der Waals surface area contributed by atoms with Gasteiger partial charge in [-0.2, -0.15) is 0 Å². The molecule has 0 aliphatic carbocycles. The van der Waals surface area contributed by atoms with Crippen LogP contribution in [-0.4, -0.2) is 13.2 Å². The number of nitrogens with one attached hydrogen (secondary N) is 1. The van der Waals surface area contributed by atoms with Crippen LogP contribution in [0.4, 0.5) is 0 Å². The van der Waals surface area contributed by atoms with Gasteiger partial charge in [0.05, 0.1) is 10.0 Å². The molecule has 15 heavy (non-hydrogen) atoms. The van der Waals surface area contributed by atoms with Crippen LogP contribution in [0.15, 0.2) is 18.2 Å². The lowest BCUT2D eigenvalue weighted by Gasteiger charge is -2.25. The molecule has 0 saturated carbocycles. The van der Waals surface area contributed by atoms with Gasteiger partial charge in [0.2, 0.25) is 0 Å². The van der Waals surface area contributed by atoms with Crippen molar-refractivity contribution >= 4 is 23.2 Å². The van der Waals surface area contributed by atoms with E-state index in [0.29, 0.717) is 16.7 Å². The van der Waals surface area contributed by atoms with Gasteiger partial charge < -0.3 is 11.1 Å². The monoisotopic (exact) mass is 246 g/mol. The second-order valence-corrected chi connectivity index (χ2v) is 4.96. The molecule has 0 aromatic heterocycles. The number of hydrogen-bond acceptors (Lipinski definition) is 2. The van der Waals surface area contributed by atoms with Crippen molar-refractivity contribution < 1.29 is 0 Å². The van der Waals surface area contributed by atoms with Crippen molar-refractivity contribution in [2.75, 3.05) is 13.2 Å². The lowest BCUT2D eigenvalue weighted by molar-refractivity contribution is 0.474. The highest BCUT2D eigenvalue weighted by atomic mass is 35.5. The van der Waals surface area contributed by atoms with Gasteiger partial charge in [-0.3, -0.25) is 0 Å². The van der Waals surface area contributed by atoms with Crippen molar-refractivity contribution in [2.45, 2.75) is 19.3 Å². The summed E-state index contributed by atoms with van der Waals surface area (Å²) in [6.45, 7) is 5.55. The Kier molecular flexibility index (Phi) is 4.41. The summed E-state index contributed by atoms with van der Waals surface area (Å²) in [7, 11) is 0. The summed E-state index contributed by atoms with van der Waals surface area (Å²) >= 11 is 11.8. The van der Waals surface area contributed by atoms with Crippen LogP contribution < -0.4 is 11.1 Å². The minimum absolute atomic E-state index is 0.00635. The summed E-state index contributed by atoms with van der Waals surface area (Å²) in [6.07, 6.45) is 0. The van der Waals surface area contributed by atoms with Crippen molar-refractivity contribution in [2.24, 2.45) is 5.73 Å². The predicted octanol–water partition coefficient (Wildman–Crippen LogP) is 2.78. The Labute approximate surface area is 101 Å². The molecule has 1 aromatic carbocycles. The molecule has 84 valence electrons. The van der Waals surface area contributed by atoms with Crippen LogP contribution in [0.5, 0.6) is 0 Å². The van der Waals surface area contributed by atoms with Crippen molar-refractivity contribution in [3.63, 3.8) is 0 Å². The summed E-state index contributed by atoms with van der Waals surface area (Å²) in [4.78, 5) is 0. The molecule has 0 unspecified atom stereocenters. The van der Waals surface area contributed by atoms with Crippen LogP contribution in [0.25, 0.3) is 0 Å². The average molecular weight is 247 g/mol. The van der Waals surface area contributed by atoms with Crippen LogP contribution in [0.3, 0.4) is 0 Å². The maximum Gasteiger partial charge on any atom is 0.0595 e. The highest BCUT2D eigenvalue weighted by Crippen LogP contribution is 2.29. The van der Waals surface area contributed by atoms with E-state index >= 15 is 0 Å². The molecule has 1 rings (SSSR count). The number of benzene rings is 1. The Balaban J connectivity index is 2.89. The quantitative estimate of drug-likeness (QED) is 0.803. The van der Waals surface area contributed by atoms with Gasteiger partial charge in [0.25, 0.3) is 0 Å². The lowest BCUT2D eigenvalue weighted by atomic mass is 9.85. The van der Waals surface area contributed by atoms with E-state index in [1.165, 1.54) is 0 Å². The number of hydrogen-bond donors (Lipinski definition) is 2. The molecule has 0 aliphatic rings. The normalized spacial score (nSPS) is 11.8. The van der Waals surface area contributed by atoms with Gasteiger partial charge in [-0.15, -0.1) is 0 Å². The zero-order valence-corrected chi connectivity index (χ0v) is 10.5. The van der Waals surface area contributed by atoms with Gasteiger partial charge in [-0.25, -0.2) is 0 Å². The Morgan fingerprint density at radius 1 is 1.27 bits per heavy atom. The first kappa shape index (κ1) is 12.8. The third-order valence-corrected chi connectivity index (χ3v) is 3.15. The third-order valence-electron chi connectivity index (χ3n) is 2.41. The molecule has 0 spiro atoms. The van der Waals surface area contributed by atoms with E-state index < -0.39 is 0 Å². The second kappa shape index (κ2) is 5.17. The van der Waals surface area contributed by atoms with Gasteiger partial charge >= 0.3 is 0 Å². The highest BCUT2D eigenvalue weighted by Gasteiger charge is 2.20. The highest BCUT2D eigenvalue weighted by molar-refractivity contribution is 6.42. The summed E-state index contributed by atoms with van der Waals surface area (Å²) in [5.41, 5.74) is 6.55. The van der Waals surface area contributed by atoms with Crippen molar-refractivity contribution in [1.29, 1.82) is 0 Å². The Morgan fingerprint density at radius 2 is 1.93 bits per heavy atom. The average Bonchev–Trinajstić information content (AvgIpc) is 2.19. The molecule has 0 saturated heterocycles. The number of halogens is 2. The van der Waals surface area contributed by atoms with Gasteiger partial charge in [0, 0.05) is 18.6 Å². The Morgan fingerprint density at radius 3 is 2.47 bits per heavy atom. The van der Waals surface area contributed by atoms with E-state index in [-0.39, 0.29) is 5.41 Å². The lowest BCUT2D eigenvalue weighted by Crippen LogP contribution is -2.35. The third kappa shape index (κ3) is 3.35. The predicted molar refractivity (Wildman–Crippen MR) is 66.5 cm³/mol. The fourth-order valence-corrected chi connectivity index (χ4v) is 1.70. The zero-order valence-electron chi connectivity index (χ0n) is 8.98. The first-order chi connectivity index (χ1) is 6.97. The first-order valence-corrected chi connectivity index (χ1v) is 5.59. The fraction of sp³-hybridized carbons (Fsp3) is 0.455. The molecule has 0 aliphatic heterocycles. The summed E-state index contributed by atoms with van der Waals surface area (Å²) in [5, 5.41) is 4.30. The summed E-state index contributed by atoms with van der Waals surface area (Å²) in [6, 6.07) is 5.72. The van der Waals surface area contributed by atoms with E-state index in [9.17, 15) is 0 Å². The van der Waals surface area contributed by atoms with E-state index in [0.717, 1.165) is 12.1 Å². The molecule has 0 atom stereocenters. The molecule has 0 heterocycles. The maximum atomic E-state index is 5.98. The summed E-state index contributed by atoms with van der Waals surface area (Å²) < 4.78 is 0. The van der Waals surface area contributed by atoms with E-state index in [4.69, 9.17) is 28.9 Å². The van der Waals surface area contributed by atoms with Crippen LogP contribution in [0, 0.1) is 0 Å². The van der Waals surface area contributed by atoms with Crippen LogP contribution in [-0.2, 0) is 5.41 Å². The first-order valence-electron chi connectivity index (χ1n) is 4.83. The molecular weight excluding hydrogens is 231 g/mol. The van der Waals surface area contributed by atoms with E-state index in [1.54, 1.807) is 0 Å². The molecular formula is C11H16Cl2N2. The topological polar surface area (TPSA) is 38.0 Å². The van der Waals surface area contributed by atoms with Gasteiger partial charge in [-0.1, -0.05) is 43.1 Å². The van der Waals surface area contributed by atoms with Crippen molar-refractivity contribution in [1.82, 2.24) is 5.32 Å². The van der Waals surface area contributed by atoms with Crippen LogP contribution in [0.1, 0.15) is 19.4 Å². The van der Waals surface area contributed by atoms with E-state index in [1.807, 2.05) is 18.2 Å².